The first-order valence-corrected chi connectivity index (χ1v) is 6.80. The van der Waals surface area contributed by atoms with Crippen LogP contribution in [0, 0.1) is 11.7 Å². The van der Waals surface area contributed by atoms with Gasteiger partial charge in [0.15, 0.2) is 0 Å². The Morgan fingerprint density at radius 1 is 1.16 bits per heavy atom. The minimum atomic E-state index is -0.288. The van der Waals surface area contributed by atoms with Crippen molar-refractivity contribution in [1.82, 2.24) is 0 Å². The van der Waals surface area contributed by atoms with Crippen LogP contribution in [0.3, 0.4) is 0 Å². The van der Waals surface area contributed by atoms with Crippen LogP contribution in [0.5, 0.6) is 0 Å². The molecule has 2 aromatic rings. The monoisotopic (exact) mass is 275 g/mol. The van der Waals surface area contributed by atoms with Gasteiger partial charge in [-0.15, -0.1) is 0 Å². The van der Waals surface area contributed by atoms with Gasteiger partial charge < -0.3 is 5.73 Å². The molecule has 3 atom stereocenters. The summed E-state index contributed by atoms with van der Waals surface area (Å²) in [6.07, 6.45) is 1.01. The predicted octanol–water partition coefficient (Wildman–Crippen LogP) is 4.28. The Kier molecular flexibility index (Phi) is 3.29. The highest BCUT2D eigenvalue weighted by Crippen LogP contribution is 2.53. The van der Waals surface area contributed by atoms with E-state index in [0.29, 0.717) is 22.4 Å². The highest BCUT2D eigenvalue weighted by atomic mass is 35.5. The number of rotatable bonds is 3. The van der Waals surface area contributed by atoms with E-state index >= 15 is 0 Å². The molecule has 3 heteroatoms. The third-order valence-corrected chi connectivity index (χ3v) is 4.08. The quantitative estimate of drug-likeness (QED) is 0.889. The first-order chi connectivity index (χ1) is 9.16. The summed E-state index contributed by atoms with van der Waals surface area (Å²) < 4.78 is 13.8. The average molecular weight is 276 g/mol. The maximum atomic E-state index is 13.8. The summed E-state index contributed by atoms with van der Waals surface area (Å²) in [4.78, 5) is 0. The van der Waals surface area contributed by atoms with E-state index in [9.17, 15) is 4.39 Å². The molecule has 0 radical (unpaired) electrons. The number of halogens is 2. The molecular formula is C16H15ClFN. The minimum Gasteiger partial charge on any atom is -0.324 e. The molecule has 19 heavy (non-hydrogen) atoms. The van der Waals surface area contributed by atoms with Crippen molar-refractivity contribution in [3.8, 4) is 0 Å². The van der Waals surface area contributed by atoms with Crippen molar-refractivity contribution in [2.45, 2.75) is 18.4 Å². The second kappa shape index (κ2) is 4.95. The molecule has 0 aliphatic heterocycles. The molecule has 1 saturated carbocycles. The summed E-state index contributed by atoms with van der Waals surface area (Å²) in [6, 6.07) is 14.5. The third-order valence-electron chi connectivity index (χ3n) is 3.85. The Balaban J connectivity index is 1.80. The Morgan fingerprint density at radius 2 is 1.89 bits per heavy atom. The number of hydrogen-bond acceptors (Lipinski definition) is 1. The summed E-state index contributed by atoms with van der Waals surface area (Å²) in [5.41, 5.74) is 8.01. The predicted molar refractivity (Wildman–Crippen MR) is 75.6 cm³/mol. The summed E-state index contributed by atoms with van der Waals surface area (Å²) in [5, 5.41) is 0.531. The molecule has 98 valence electrons. The molecule has 2 N–H and O–H groups in total. The van der Waals surface area contributed by atoms with Crippen molar-refractivity contribution in [2.75, 3.05) is 0 Å². The summed E-state index contributed by atoms with van der Waals surface area (Å²) >= 11 is 5.92. The Morgan fingerprint density at radius 3 is 2.63 bits per heavy atom. The average Bonchev–Trinajstić information content (AvgIpc) is 3.22. The third kappa shape index (κ3) is 2.51. The van der Waals surface area contributed by atoms with Crippen LogP contribution in [-0.2, 0) is 0 Å². The van der Waals surface area contributed by atoms with Crippen LogP contribution in [0.1, 0.15) is 29.5 Å². The van der Waals surface area contributed by atoms with Gasteiger partial charge in [0.2, 0.25) is 0 Å². The van der Waals surface area contributed by atoms with E-state index in [2.05, 4.69) is 12.1 Å². The van der Waals surface area contributed by atoms with E-state index in [4.69, 9.17) is 17.3 Å². The molecule has 0 heterocycles. The maximum Gasteiger partial charge on any atom is 0.128 e. The molecule has 0 amide bonds. The molecular weight excluding hydrogens is 261 g/mol. The molecule has 3 rings (SSSR count). The zero-order chi connectivity index (χ0) is 13.4. The van der Waals surface area contributed by atoms with Gasteiger partial charge in [-0.05, 0) is 42.0 Å². The van der Waals surface area contributed by atoms with Crippen molar-refractivity contribution >= 4 is 11.6 Å². The SMILES string of the molecule is NC(c1cc(Cl)ccc1F)C1CC1c1ccccc1. The highest BCUT2D eigenvalue weighted by Gasteiger charge is 2.43. The highest BCUT2D eigenvalue weighted by molar-refractivity contribution is 6.30. The first-order valence-electron chi connectivity index (χ1n) is 6.42. The van der Waals surface area contributed by atoms with Gasteiger partial charge >= 0.3 is 0 Å². The lowest BCUT2D eigenvalue weighted by atomic mass is 9.99. The van der Waals surface area contributed by atoms with Crippen LogP contribution in [0.25, 0.3) is 0 Å². The summed E-state index contributed by atoms with van der Waals surface area (Å²) in [5.74, 6) is 0.473. The largest absolute Gasteiger partial charge is 0.324 e. The lowest BCUT2D eigenvalue weighted by Crippen LogP contribution is -2.15. The molecule has 1 nitrogen and oxygen atoms in total. The van der Waals surface area contributed by atoms with Gasteiger partial charge in [0.05, 0.1) is 0 Å². The molecule has 1 fully saturated rings. The normalized spacial score (nSPS) is 23.1. The topological polar surface area (TPSA) is 26.0 Å². The van der Waals surface area contributed by atoms with E-state index < -0.39 is 0 Å². The van der Waals surface area contributed by atoms with E-state index in [1.165, 1.54) is 11.6 Å². The van der Waals surface area contributed by atoms with E-state index in [1.807, 2.05) is 18.2 Å². The van der Waals surface area contributed by atoms with Crippen LogP contribution >= 0.6 is 11.6 Å². The van der Waals surface area contributed by atoms with Gasteiger partial charge in [0, 0.05) is 16.6 Å². The zero-order valence-electron chi connectivity index (χ0n) is 10.4. The van der Waals surface area contributed by atoms with Crippen molar-refractivity contribution in [2.24, 2.45) is 11.7 Å². The second-order valence-corrected chi connectivity index (χ2v) is 5.54. The Hall–Kier alpha value is -1.38. The van der Waals surface area contributed by atoms with Gasteiger partial charge in [-0.25, -0.2) is 4.39 Å². The lowest BCUT2D eigenvalue weighted by Gasteiger charge is -2.13. The minimum absolute atomic E-state index is 0.268. The number of hydrogen-bond donors (Lipinski definition) is 1. The lowest BCUT2D eigenvalue weighted by molar-refractivity contribution is 0.547. The van der Waals surface area contributed by atoms with Crippen LogP contribution in [0.2, 0.25) is 5.02 Å². The van der Waals surface area contributed by atoms with Gasteiger partial charge in [-0.2, -0.15) is 0 Å². The van der Waals surface area contributed by atoms with Crippen LogP contribution in [-0.4, -0.2) is 0 Å². The smallest absolute Gasteiger partial charge is 0.128 e. The summed E-state index contributed by atoms with van der Waals surface area (Å²) in [7, 11) is 0. The van der Waals surface area contributed by atoms with Gasteiger partial charge in [0.25, 0.3) is 0 Å². The Labute approximate surface area is 117 Å². The second-order valence-electron chi connectivity index (χ2n) is 5.11. The van der Waals surface area contributed by atoms with Gasteiger partial charge in [-0.1, -0.05) is 41.9 Å². The molecule has 1 aliphatic carbocycles. The van der Waals surface area contributed by atoms with E-state index in [-0.39, 0.29) is 11.9 Å². The molecule has 0 spiro atoms. The van der Waals surface area contributed by atoms with Gasteiger partial charge in [-0.3, -0.25) is 0 Å². The van der Waals surface area contributed by atoms with Crippen LogP contribution in [0.4, 0.5) is 4.39 Å². The molecule has 1 aliphatic rings. The van der Waals surface area contributed by atoms with E-state index in [0.717, 1.165) is 6.42 Å². The summed E-state index contributed by atoms with van der Waals surface area (Å²) in [6.45, 7) is 0. The fourth-order valence-electron chi connectivity index (χ4n) is 2.70. The van der Waals surface area contributed by atoms with Crippen molar-refractivity contribution < 1.29 is 4.39 Å². The van der Waals surface area contributed by atoms with Crippen LogP contribution < -0.4 is 5.73 Å². The molecule has 3 unspecified atom stereocenters. The molecule has 0 bridgehead atoms. The van der Waals surface area contributed by atoms with Crippen molar-refractivity contribution in [1.29, 1.82) is 0 Å². The molecule has 2 aromatic carbocycles. The van der Waals surface area contributed by atoms with Crippen molar-refractivity contribution in [3.05, 3.63) is 70.5 Å². The number of benzene rings is 2. The van der Waals surface area contributed by atoms with Gasteiger partial charge in [0.1, 0.15) is 5.82 Å². The maximum absolute atomic E-state index is 13.8. The molecule has 0 aromatic heterocycles. The number of nitrogens with two attached hydrogens (primary N) is 1. The first kappa shape index (κ1) is 12.6. The van der Waals surface area contributed by atoms with Crippen molar-refractivity contribution in [3.63, 3.8) is 0 Å². The van der Waals surface area contributed by atoms with Crippen LogP contribution in [0.15, 0.2) is 48.5 Å². The standard InChI is InChI=1S/C16H15ClFN/c17-11-6-7-15(18)14(8-11)16(19)13-9-12(13)10-4-2-1-3-5-10/h1-8,12-13,16H,9,19H2. The fourth-order valence-corrected chi connectivity index (χ4v) is 2.88. The van der Waals surface area contributed by atoms with E-state index in [1.54, 1.807) is 12.1 Å². The zero-order valence-corrected chi connectivity index (χ0v) is 11.1. The molecule has 0 saturated heterocycles. The Bertz CT molecular complexity index is 585. The fraction of sp³-hybridized carbons (Fsp3) is 0.250.